The Balaban J connectivity index is 1.49. The van der Waals surface area contributed by atoms with Crippen LogP contribution in [0.15, 0.2) is 36.0 Å². The molecule has 1 spiro atoms. The highest BCUT2D eigenvalue weighted by atomic mass is 32.1. The van der Waals surface area contributed by atoms with Gasteiger partial charge in [0.2, 0.25) is 5.91 Å². The predicted molar refractivity (Wildman–Crippen MR) is 101 cm³/mol. The molecule has 6 heteroatoms. The third-order valence-electron chi connectivity index (χ3n) is 5.62. The summed E-state index contributed by atoms with van der Waals surface area (Å²) in [5.74, 6) is 0.275. The summed E-state index contributed by atoms with van der Waals surface area (Å²) in [4.78, 5) is 34.9. The lowest BCUT2D eigenvalue weighted by molar-refractivity contribution is -0.146. The fourth-order valence-electron chi connectivity index (χ4n) is 4.17. The van der Waals surface area contributed by atoms with E-state index in [-0.39, 0.29) is 11.8 Å². The summed E-state index contributed by atoms with van der Waals surface area (Å²) in [6.45, 7) is 4.57. The standard InChI is InChI=1S/C20H23N3O2S/c1-15-5-11-26-17(15)18(24)23-10-7-20(14-23)6-3-9-22(19(20)25)13-16-4-2-8-21-12-16/h2,4-5,8,11-12H,3,6-7,9-10,13-14H2,1H3. The lowest BCUT2D eigenvalue weighted by atomic mass is 9.78. The molecule has 0 aromatic carbocycles. The Morgan fingerprint density at radius 3 is 2.92 bits per heavy atom. The van der Waals surface area contributed by atoms with Crippen molar-refractivity contribution in [3.8, 4) is 0 Å². The molecule has 0 aliphatic carbocycles. The number of hydrogen-bond donors (Lipinski definition) is 0. The summed E-state index contributed by atoms with van der Waals surface area (Å²) in [6.07, 6.45) is 6.20. The average Bonchev–Trinajstić information content (AvgIpc) is 3.27. The first-order valence-corrected chi connectivity index (χ1v) is 9.99. The number of aromatic nitrogens is 1. The maximum absolute atomic E-state index is 13.2. The zero-order chi connectivity index (χ0) is 18.1. The number of rotatable bonds is 3. The van der Waals surface area contributed by atoms with Crippen molar-refractivity contribution in [2.24, 2.45) is 5.41 Å². The summed E-state index contributed by atoms with van der Waals surface area (Å²) in [6, 6.07) is 5.88. The van der Waals surface area contributed by atoms with Crippen molar-refractivity contribution in [2.75, 3.05) is 19.6 Å². The zero-order valence-corrected chi connectivity index (χ0v) is 15.8. The Morgan fingerprint density at radius 2 is 2.19 bits per heavy atom. The van der Waals surface area contributed by atoms with Crippen molar-refractivity contribution in [3.63, 3.8) is 0 Å². The maximum Gasteiger partial charge on any atom is 0.264 e. The van der Waals surface area contributed by atoms with Crippen LogP contribution in [0.25, 0.3) is 0 Å². The number of carbonyl (C=O) groups is 2. The van der Waals surface area contributed by atoms with Crippen molar-refractivity contribution in [3.05, 3.63) is 52.0 Å². The Bertz CT molecular complexity index is 819. The summed E-state index contributed by atoms with van der Waals surface area (Å²) in [5.41, 5.74) is 1.67. The van der Waals surface area contributed by atoms with Crippen LogP contribution in [0.4, 0.5) is 0 Å². The number of thiophene rings is 1. The number of pyridine rings is 1. The Morgan fingerprint density at radius 1 is 1.31 bits per heavy atom. The minimum absolute atomic E-state index is 0.0755. The molecular formula is C20H23N3O2S. The molecule has 2 amide bonds. The molecule has 2 aliphatic heterocycles. The zero-order valence-electron chi connectivity index (χ0n) is 15.0. The highest BCUT2D eigenvalue weighted by Crippen LogP contribution is 2.41. The van der Waals surface area contributed by atoms with Crippen LogP contribution in [-0.2, 0) is 11.3 Å². The number of aryl methyl sites for hydroxylation is 1. The quantitative estimate of drug-likeness (QED) is 0.835. The molecule has 1 atom stereocenters. The third-order valence-corrected chi connectivity index (χ3v) is 6.62. The maximum atomic E-state index is 13.2. The third kappa shape index (κ3) is 3.03. The lowest BCUT2D eigenvalue weighted by Gasteiger charge is -2.39. The van der Waals surface area contributed by atoms with E-state index in [9.17, 15) is 9.59 Å². The molecule has 4 rings (SSSR count). The molecule has 2 saturated heterocycles. The molecule has 26 heavy (non-hydrogen) atoms. The fraction of sp³-hybridized carbons (Fsp3) is 0.450. The van der Waals surface area contributed by atoms with Crippen LogP contribution in [0.5, 0.6) is 0 Å². The monoisotopic (exact) mass is 369 g/mol. The number of likely N-dealkylation sites (tertiary alicyclic amines) is 2. The van der Waals surface area contributed by atoms with Crippen LogP contribution in [0.2, 0.25) is 0 Å². The minimum Gasteiger partial charge on any atom is -0.338 e. The van der Waals surface area contributed by atoms with Gasteiger partial charge in [0.05, 0.1) is 10.3 Å². The van der Waals surface area contributed by atoms with Gasteiger partial charge in [0.25, 0.3) is 5.91 Å². The van der Waals surface area contributed by atoms with E-state index in [0.29, 0.717) is 19.6 Å². The van der Waals surface area contributed by atoms with Gasteiger partial charge in [-0.25, -0.2) is 0 Å². The van der Waals surface area contributed by atoms with Crippen LogP contribution in [0.1, 0.15) is 40.1 Å². The van der Waals surface area contributed by atoms with Crippen molar-refractivity contribution >= 4 is 23.2 Å². The van der Waals surface area contributed by atoms with E-state index in [4.69, 9.17) is 0 Å². The van der Waals surface area contributed by atoms with Crippen LogP contribution in [-0.4, -0.2) is 46.2 Å². The molecule has 0 radical (unpaired) electrons. The molecule has 1 unspecified atom stereocenters. The molecule has 0 saturated carbocycles. The van der Waals surface area contributed by atoms with E-state index >= 15 is 0 Å². The van der Waals surface area contributed by atoms with E-state index in [1.54, 1.807) is 6.20 Å². The summed E-state index contributed by atoms with van der Waals surface area (Å²) < 4.78 is 0. The molecule has 2 aromatic heterocycles. The van der Waals surface area contributed by atoms with Gasteiger partial charge in [0.1, 0.15) is 0 Å². The minimum atomic E-state index is -0.402. The van der Waals surface area contributed by atoms with Gasteiger partial charge in [-0.2, -0.15) is 0 Å². The molecule has 2 aliphatic rings. The number of hydrogen-bond acceptors (Lipinski definition) is 4. The molecule has 0 N–H and O–H groups in total. The first kappa shape index (κ1) is 17.2. The van der Waals surface area contributed by atoms with E-state index in [0.717, 1.165) is 41.8 Å². The Kier molecular flexibility index (Phi) is 4.53. The summed E-state index contributed by atoms with van der Waals surface area (Å²) in [5, 5.41) is 1.95. The second-order valence-electron chi connectivity index (χ2n) is 7.38. The molecule has 5 nitrogen and oxygen atoms in total. The molecule has 2 aromatic rings. The molecule has 2 fully saturated rings. The lowest BCUT2D eigenvalue weighted by Crippen LogP contribution is -2.50. The van der Waals surface area contributed by atoms with Gasteiger partial charge in [-0.15, -0.1) is 11.3 Å². The smallest absolute Gasteiger partial charge is 0.264 e. The van der Waals surface area contributed by atoms with E-state index in [1.165, 1.54) is 11.3 Å². The van der Waals surface area contributed by atoms with E-state index in [2.05, 4.69) is 4.98 Å². The van der Waals surface area contributed by atoms with Crippen LogP contribution < -0.4 is 0 Å². The number of carbonyl (C=O) groups excluding carboxylic acids is 2. The van der Waals surface area contributed by atoms with Crippen LogP contribution >= 0.6 is 11.3 Å². The van der Waals surface area contributed by atoms with Gasteiger partial charge >= 0.3 is 0 Å². The molecule has 4 heterocycles. The highest BCUT2D eigenvalue weighted by Gasteiger charge is 2.49. The predicted octanol–water partition coefficient (Wildman–Crippen LogP) is 3.11. The molecule has 136 valence electrons. The van der Waals surface area contributed by atoms with E-state index < -0.39 is 5.41 Å². The number of nitrogens with zero attached hydrogens (tertiary/aromatic N) is 3. The average molecular weight is 369 g/mol. The normalized spacial score (nSPS) is 23.0. The molecule has 0 bridgehead atoms. The van der Waals surface area contributed by atoms with Crippen molar-refractivity contribution in [1.29, 1.82) is 0 Å². The van der Waals surface area contributed by atoms with Crippen molar-refractivity contribution in [2.45, 2.75) is 32.7 Å². The first-order chi connectivity index (χ1) is 12.6. The van der Waals surface area contributed by atoms with E-state index in [1.807, 2.05) is 46.5 Å². The van der Waals surface area contributed by atoms with Gasteiger partial charge in [0, 0.05) is 38.6 Å². The fourth-order valence-corrected chi connectivity index (χ4v) is 5.07. The molecular weight excluding hydrogens is 346 g/mol. The Labute approximate surface area is 157 Å². The van der Waals surface area contributed by atoms with Gasteiger partial charge in [0.15, 0.2) is 0 Å². The van der Waals surface area contributed by atoms with Gasteiger partial charge < -0.3 is 9.80 Å². The SMILES string of the molecule is Cc1ccsc1C(=O)N1CCC2(CCCN(Cc3cccnc3)C2=O)C1. The summed E-state index contributed by atoms with van der Waals surface area (Å²) in [7, 11) is 0. The van der Waals surface area contributed by atoms with Crippen LogP contribution in [0.3, 0.4) is 0 Å². The number of piperidine rings is 1. The highest BCUT2D eigenvalue weighted by molar-refractivity contribution is 7.12. The Hall–Kier alpha value is -2.21. The summed E-state index contributed by atoms with van der Waals surface area (Å²) >= 11 is 1.49. The van der Waals surface area contributed by atoms with Gasteiger partial charge in [-0.05, 0) is 54.8 Å². The van der Waals surface area contributed by atoms with Gasteiger partial charge in [-0.3, -0.25) is 14.6 Å². The largest absolute Gasteiger partial charge is 0.338 e. The van der Waals surface area contributed by atoms with Gasteiger partial charge in [-0.1, -0.05) is 6.07 Å². The van der Waals surface area contributed by atoms with Crippen molar-refractivity contribution < 1.29 is 9.59 Å². The first-order valence-electron chi connectivity index (χ1n) is 9.11. The second-order valence-corrected chi connectivity index (χ2v) is 8.30. The second kappa shape index (κ2) is 6.83. The van der Waals surface area contributed by atoms with Crippen molar-refractivity contribution in [1.82, 2.24) is 14.8 Å². The number of amides is 2. The topological polar surface area (TPSA) is 53.5 Å². The van der Waals surface area contributed by atoms with Crippen LogP contribution in [0, 0.1) is 12.3 Å².